The summed E-state index contributed by atoms with van der Waals surface area (Å²) in [6.07, 6.45) is 0. The van der Waals surface area contributed by atoms with Crippen LogP contribution in [0, 0.1) is 0 Å². The van der Waals surface area contributed by atoms with Gasteiger partial charge in [0.15, 0.2) is 0 Å². The van der Waals surface area contributed by atoms with E-state index in [9.17, 15) is 9.59 Å². The Kier molecular flexibility index (Phi) is 4.17. The van der Waals surface area contributed by atoms with Gasteiger partial charge in [-0.1, -0.05) is 30.3 Å². The first-order valence-corrected chi connectivity index (χ1v) is 8.85. The van der Waals surface area contributed by atoms with Crippen molar-refractivity contribution in [2.24, 2.45) is 0 Å². The SMILES string of the molecule is CNC(=O)[C@H]1COC2(CN(C(=O)c3ccc4ccccc4c3)C2)CN1C. The maximum Gasteiger partial charge on any atom is 0.254 e. The number of morpholine rings is 1. The number of carbonyl (C=O) groups is 2. The van der Waals surface area contributed by atoms with E-state index in [-0.39, 0.29) is 23.5 Å². The van der Waals surface area contributed by atoms with Crippen molar-refractivity contribution in [3.05, 3.63) is 48.0 Å². The van der Waals surface area contributed by atoms with Crippen molar-refractivity contribution in [3.8, 4) is 0 Å². The molecule has 2 amide bonds. The molecule has 0 bridgehead atoms. The Bertz CT molecular complexity index is 860. The molecule has 2 aliphatic heterocycles. The van der Waals surface area contributed by atoms with Crippen molar-refractivity contribution in [3.63, 3.8) is 0 Å². The second kappa shape index (κ2) is 6.37. The van der Waals surface area contributed by atoms with E-state index in [0.717, 1.165) is 10.8 Å². The Morgan fingerprint density at radius 2 is 1.85 bits per heavy atom. The molecule has 0 unspecified atom stereocenters. The van der Waals surface area contributed by atoms with Gasteiger partial charge < -0.3 is 15.0 Å². The van der Waals surface area contributed by atoms with E-state index in [1.165, 1.54) is 0 Å². The molecule has 4 rings (SSSR count). The highest BCUT2D eigenvalue weighted by Crippen LogP contribution is 2.32. The fraction of sp³-hybridized carbons (Fsp3) is 0.400. The predicted octanol–water partition coefficient (Wildman–Crippen LogP) is 1.11. The molecule has 1 N–H and O–H groups in total. The van der Waals surface area contributed by atoms with Crippen LogP contribution in [-0.4, -0.2) is 73.6 Å². The first-order valence-electron chi connectivity index (χ1n) is 8.85. The van der Waals surface area contributed by atoms with Crippen molar-refractivity contribution in [1.29, 1.82) is 0 Å². The first kappa shape index (κ1) is 17.0. The average molecular weight is 353 g/mol. The molecular weight excluding hydrogens is 330 g/mol. The number of hydrogen-bond acceptors (Lipinski definition) is 4. The highest BCUT2D eigenvalue weighted by Gasteiger charge is 2.51. The average Bonchev–Trinajstić information content (AvgIpc) is 2.64. The van der Waals surface area contributed by atoms with Crippen LogP contribution in [0.4, 0.5) is 0 Å². The van der Waals surface area contributed by atoms with E-state index in [2.05, 4.69) is 5.32 Å². The van der Waals surface area contributed by atoms with E-state index in [1.54, 1.807) is 7.05 Å². The highest BCUT2D eigenvalue weighted by atomic mass is 16.5. The lowest BCUT2D eigenvalue weighted by Crippen LogP contribution is -2.73. The molecule has 2 aliphatic rings. The van der Waals surface area contributed by atoms with Gasteiger partial charge in [-0.25, -0.2) is 0 Å². The van der Waals surface area contributed by atoms with Gasteiger partial charge in [0.2, 0.25) is 5.91 Å². The fourth-order valence-corrected chi connectivity index (χ4v) is 3.92. The third-order valence-corrected chi connectivity index (χ3v) is 5.41. The van der Waals surface area contributed by atoms with Crippen LogP contribution < -0.4 is 5.32 Å². The highest BCUT2D eigenvalue weighted by molar-refractivity contribution is 5.99. The van der Waals surface area contributed by atoms with Gasteiger partial charge in [0, 0.05) is 19.2 Å². The maximum atomic E-state index is 12.8. The topological polar surface area (TPSA) is 61.9 Å². The number of amides is 2. The van der Waals surface area contributed by atoms with E-state index in [0.29, 0.717) is 31.8 Å². The molecule has 26 heavy (non-hydrogen) atoms. The van der Waals surface area contributed by atoms with Crippen LogP contribution in [0.1, 0.15) is 10.4 Å². The van der Waals surface area contributed by atoms with Gasteiger partial charge in [-0.15, -0.1) is 0 Å². The first-order chi connectivity index (χ1) is 12.5. The Morgan fingerprint density at radius 3 is 2.54 bits per heavy atom. The Hall–Kier alpha value is -2.44. The van der Waals surface area contributed by atoms with Gasteiger partial charge in [0.25, 0.3) is 5.91 Å². The number of fused-ring (bicyclic) bond motifs is 1. The molecule has 2 saturated heterocycles. The molecule has 1 spiro atoms. The summed E-state index contributed by atoms with van der Waals surface area (Å²) in [5, 5.41) is 4.86. The third-order valence-electron chi connectivity index (χ3n) is 5.41. The maximum absolute atomic E-state index is 12.8. The van der Waals surface area contributed by atoms with Gasteiger partial charge in [-0.2, -0.15) is 0 Å². The molecule has 2 fully saturated rings. The zero-order valence-electron chi connectivity index (χ0n) is 15.1. The van der Waals surface area contributed by atoms with E-state index in [4.69, 9.17) is 4.74 Å². The molecule has 136 valence electrons. The minimum Gasteiger partial charge on any atom is -0.368 e. The van der Waals surface area contributed by atoms with Crippen LogP contribution in [0.5, 0.6) is 0 Å². The van der Waals surface area contributed by atoms with Crippen molar-refractivity contribution in [2.75, 3.05) is 40.3 Å². The van der Waals surface area contributed by atoms with Crippen molar-refractivity contribution < 1.29 is 14.3 Å². The van der Waals surface area contributed by atoms with Gasteiger partial charge in [0.1, 0.15) is 11.6 Å². The van der Waals surface area contributed by atoms with Gasteiger partial charge in [0.05, 0.1) is 19.7 Å². The summed E-state index contributed by atoms with van der Waals surface area (Å²) in [6, 6.07) is 13.6. The van der Waals surface area contributed by atoms with Crippen LogP contribution >= 0.6 is 0 Å². The number of benzene rings is 2. The number of hydrogen-bond donors (Lipinski definition) is 1. The lowest BCUT2D eigenvalue weighted by Gasteiger charge is -2.54. The lowest BCUT2D eigenvalue weighted by molar-refractivity contribution is -0.187. The molecule has 1 atom stereocenters. The molecule has 2 heterocycles. The van der Waals surface area contributed by atoms with E-state index < -0.39 is 0 Å². The Morgan fingerprint density at radius 1 is 1.12 bits per heavy atom. The summed E-state index contributed by atoms with van der Waals surface area (Å²) >= 11 is 0. The molecule has 0 radical (unpaired) electrons. The minimum absolute atomic E-state index is 0.0288. The van der Waals surface area contributed by atoms with Crippen LogP contribution in [0.3, 0.4) is 0 Å². The summed E-state index contributed by atoms with van der Waals surface area (Å²) in [5.74, 6) is -0.00757. The molecule has 6 nitrogen and oxygen atoms in total. The van der Waals surface area contributed by atoms with Crippen LogP contribution in [0.2, 0.25) is 0 Å². The molecule has 0 saturated carbocycles. The molecule has 2 aromatic rings. The molecule has 2 aromatic carbocycles. The normalized spacial score (nSPS) is 22.2. The second-order valence-electron chi connectivity index (χ2n) is 7.26. The Balaban J connectivity index is 1.42. The summed E-state index contributed by atoms with van der Waals surface area (Å²) in [4.78, 5) is 28.5. The number of ether oxygens (including phenoxy) is 1. The van der Waals surface area contributed by atoms with Crippen LogP contribution in [0.25, 0.3) is 10.8 Å². The minimum atomic E-state index is -0.355. The number of nitrogens with one attached hydrogen (secondary N) is 1. The molecule has 6 heteroatoms. The van der Waals surface area contributed by atoms with Gasteiger partial charge in [-0.05, 0) is 30.0 Å². The number of likely N-dealkylation sites (N-methyl/N-ethyl adjacent to an activating group) is 2. The summed E-state index contributed by atoms with van der Waals surface area (Å²) in [5.41, 5.74) is 0.345. The predicted molar refractivity (Wildman–Crippen MR) is 99.0 cm³/mol. The quantitative estimate of drug-likeness (QED) is 0.879. The number of likely N-dealkylation sites (tertiary alicyclic amines) is 1. The van der Waals surface area contributed by atoms with Crippen molar-refractivity contribution in [2.45, 2.75) is 11.6 Å². The largest absolute Gasteiger partial charge is 0.368 e. The Labute approximate surface area is 152 Å². The third kappa shape index (κ3) is 2.85. The summed E-state index contributed by atoms with van der Waals surface area (Å²) < 4.78 is 6.00. The summed E-state index contributed by atoms with van der Waals surface area (Å²) in [6.45, 7) is 2.12. The zero-order valence-corrected chi connectivity index (χ0v) is 15.1. The number of carbonyl (C=O) groups excluding carboxylic acids is 2. The van der Waals surface area contributed by atoms with Gasteiger partial charge in [-0.3, -0.25) is 14.5 Å². The van der Waals surface area contributed by atoms with E-state index in [1.807, 2.05) is 59.3 Å². The fourth-order valence-electron chi connectivity index (χ4n) is 3.92. The van der Waals surface area contributed by atoms with Crippen LogP contribution in [-0.2, 0) is 9.53 Å². The lowest BCUT2D eigenvalue weighted by atomic mass is 9.89. The van der Waals surface area contributed by atoms with Crippen molar-refractivity contribution in [1.82, 2.24) is 15.1 Å². The monoisotopic (exact) mass is 353 g/mol. The van der Waals surface area contributed by atoms with Crippen LogP contribution in [0.15, 0.2) is 42.5 Å². The molecular formula is C20H23N3O3. The second-order valence-corrected chi connectivity index (χ2v) is 7.26. The van der Waals surface area contributed by atoms with Gasteiger partial charge >= 0.3 is 0 Å². The molecule has 0 aliphatic carbocycles. The van der Waals surface area contributed by atoms with Crippen molar-refractivity contribution >= 4 is 22.6 Å². The smallest absolute Gasteiger partial charge is 0.254 e. The standard InChI is InChI=1S/C20H23N3O3/c1-21-18(24)17-10-26-20(11-22(17)2)12-23(13-20)19(25)16-8-7-14-5-3-4-6-15(14)9-16/h3-9,17H,10-13H2,1-2H3,(H,21,24)/t17-/m1/s1. The van der Waals surface area contributed by atoms with E-state index >= 15 is 0 Å². The zero-order chi connectivity index (χ0) is 18.3. The number of rotatable bonds is 2. The molecule has 0 aromatic heterocycles. The summed E-state index contributed by atoms with van der Waals surface area (Å²) in [7, 11) is 3.56. The number of nitrogens with zero attached hydrogens (tertiary/aromatic N) is 2.